The minimum absolute atomic E-state index is 0.0258. The molecule has 2 saturated heterocycles. The molecular weight excluding hydrogens is 488 g/mol. The number of hydrogen-bond donors (Lipinski definition) is 13. The minimum atomic E-state index is -1.79. The van der Waals surface area contributed by atoms with Crippen LogP contribution in [0.4, 0.5) is 0 Å². The van der Waals surface area contributed by atoms with E-state index in [1.165, 1.54) is 0 Å². The molecule has 0 unspecified atom stereocenters. The van der Waals surface area contributed by atoms with E-state index in [2.05, 4.69) is 0 Å². The van der Waals surface area contributed by atoms with Crippen molar-refractivity contribution in [2.24, 2.45) is 0 Å². The number of carbonyl (C=O) groups is 1. The van der Waals surface area contributed by atoms with Crippen LogP contribution in [0.2, 0.25) is 0 Å². The van der Waals surface area contributed by atoms with Crippen molar-refractivity contribution in [1.29, 1.82) is 0 Å². The van der Waals surface area contributed by atoms with Gasteiger partial charge in [-0.15, -0.1) is 0 Å². The van der Waals surface area contributed by atoms with Crippen molar-refractivity contribution < 1.29 is 85.4 Å². The first-order valence-electron chi connectivity index (χ1n) is 10.4. The standard InChI is InChI=1S/C12H22O11.C6H12O6/c13-1-3-5(15)6(16)9(19)12(22-3)23-10-4(2-14)21-11(20)8(18)7(10)17;7-1-3(9)5(11)6(12)4(10)2-8/h3-20H,1-2H2;1,3-6,8-12H,2H2/t3-,4-,5-,6+,7-,8-,9-,10-,11-,12-;3-,4+,5-,6-/m10/s1. The fraction of sp³-hybridized carbons (Fsp3) is 0.944. The van der Waals surface area contributed by atoms with E-state index in [4.69, 9.17) is 44.8 Å². The van der Waals surface area contributed by atoms with Gasteiger partial charge in [-0.05, 0) is 0 Å². The summed E-state index contributed by atoms with van der Waals surface area (Å²) in [6.45, 7) is -2.11. The third kappa shape index (κ3) is 8.01. The zero-order valence-corrected chi connectivity index (χ0v) is 18.2. The Balaban J connectivity index is 0.000000434. The highest BCUT2D eigenvalue weighted by Crippen LogP contribution is 2.28. The van der Waals surface area contributed by atoms with Crippen LogP contribution >= 0.6 is 0 Å². The van der Waals surface area contributed by atoms with E-state index in [1.54, 1.807) is 0 Å². The number of aldehydes is 1. The SMILES string of the molecule is O=C[C@H](O)[C@H](O)[C@@H](O)[C@H](O)CO.OC[C@H]1O[C@H](O[C@H]2[C@H](O)[C@@H](O)[C@H](O)O[C@@H]2CO)[C@H](O)[C@@H](O)[C@@H]1O. The molecule has 208 valence electrons. The van der Waals surface area contributed by atoms with Crippen LogP contribution in [0.1, 0.15) is 0 Å². The zero-order valence-electron chi connectivity index (χ0n) is 18.2. The summed E-state index contributed by atoms with van der Waals surface area (Å²) in [6.07, 6.45) is -22.4. The summed E-state index contributed by atoms with van der Waals surface area (Å²) >= 11 is 0. The summed E-state index contributed by atoms with van der Waals surface area (Å²) in [5.41, 5.74) is 0. The molecule has 14 atom stereocenters. The van der Waals surface area contributed by atoms with E-state index >= 15 is 0 Å². The maximum Gasteiger partial charge on any atom is 0.187 e. The van der Waals surface area contributed by atoms with Crippen LogP contribution in [0.25, 0.3) is 0 Å². The molecule has 17 nitrogen and oxygen atoms in total. The molecule has 0 aliphatic carbocycles. The third-order valence-corrected chi connectivity index (χ3v) is 5.40. The smallest absolute Gasteiger partial charge is 0.187 e. The Morgan fingerprint density at radius 2 is 1.29 bits per heavy atom. The molecule has 17 heteroatoms. The van der Waals surface area contributed by atoms with Gasteiger partial charge in [0.05, 0.1) is 19.8 Å². The Morgan fingerprint density at radius 3 is 1.77 bits per heavy atom. The highest BCUT2D eigenvalue weighted by atomic mass is 16.7. The molecule has 35 heavy (non-hydrogen) atoms. The maximum absolute atomic E-state index is 9.94. The van der Waals surface area contributed by atoms with E-state index in [0.29, 0.717) is 0 Å². The van der Waals surface area contributed by atoms with Crippen LogP contribution in [-0.2, 0) is 19.0 Å². The summed E-state index contributed by atoms with van der Waals surface area (Å²) in [5.74, 6) is 0. The van der Waals surface area contributed by atoms with Gasteiger partial charge in [0.1, 0.15) is 73.2 Å². The van der Waals surface area contributed by atoms with Crippen molar-refractivity contribution in [2.75, 3.05) is 19.8 Å². The summed E-state index contributed by atoms with van der Waals surface area (Å²) < 4.78 is 15.3. The molecule has 0 spiro atoms. The number of carbonyl (C=O) groups excluding carboxylic acids is 1. The van der Waals surface area contributed by atoms with Gasteiger partial charge in [-0.25, -0.2) is 0 Å². The fourth-order valence-corrected chi connectivity index (χ4v) is 3.19. The predicted octanol–water partition coefficient (Wildman–Crippen LogP) is -8.78. The Kier molecular flexibility index (Phi) is 13.5. The number of aliphatic hydroxyl groups is 13. The zero-order chi connectivity index (χ0) is 27.0. The van der Waals surface area contributed by atoms with E-state index in [-0.39, 0.29) is 6.29 Å². The Hall–Kier alpha value is -0.970. The molecule has 0 aromatic heterocycles. The highest BCUT2D eigenvalue weighted by Gasteiger charge is 2.50. The van der Waals surface area contributed by atoms with Crippen molar-refractivity contribution in [1.82, 2.24) is 0 Å². The van der Waals surface area contributed by atoms with Gasteiger partial charge in [-0.1, -0.05) is 0 Å². The molecule has 0 aromatic rings. The lowest BCUT2D eigenvalue weighted by Crippen LogP contribution is -2.64. The second-order valence-corrected chi connectivity index (χ2v) is 7.88. The molecule has 2 aliphatic rings. The molecule has 13 N–H and O–H groups in total. The molecule has 0 aromatic carbocycles. The lowest BCUT2D eigenvalue weighted by Gasteiger charge is -2.45. The van der Waals surface area contributed by atoms with Gasteiger partial charge in [0.25, 0.3) is 0 Å². The number of rotatable bonds is 9. The first-order chi connectivity index (χ1) is 16.4. The molecule has 2 fully saturated rings. The van der Waals surface area contributed by atoms with E-state index in [9.17, 15) is 40.5 Å². The summed E-state index contributed by atoms with van der Waals surface area (Å²) in [5, 5.41) is 120. The lowest BCUT2D eigenvalue weighted by atomic mass is 9.97. The van der Waals surface area contributed by atoms with Crippen LogP contribution in [0.5, 0.6) is 0 Å². The summed E-state index contributed by atoms with van der Waals surface area (Å²) in [6, 6.07) is 0. The Labute approximate surface area is 198 Å². The summed E-state index contributed by atoms with van der Waals surface area (Å²) in [7, 11) is 0. The van der Waals surface area contributed by atoms with Gasteiger partial charge in [0.15, 0.2) is 18.9 Å². The quantitative estimate of drug-likeness (QED) is 0.125. The number of hydrogen-bond acceptors (Lipinski definition) is 17. The van der Waals surface area contributed by atoms with Gasteiger partial charge in [0, 0.05) is 0 Å². The normalized spacial score (nSPS) is 41.2. The number of ether oxygens (including phenoxy) is 3. The molecular formula is C18H34O17. The second-order valence-electron chi connectivity index (χ2n) is 7.88. The Bertz CT molecular complexity index is 608. The van der Waals surface area contributed by atoms with Crippen molar-refractivity contribution in [2.45, 2.75) is 85.8 Å². The van der Waals surface area contributed by atoms with Gasteiger partial charge >= 0.3 is 0 Å². The van der Waals surface area contributed by atoms with Crippen molar-refractivity contribution in [3.05, 3.63) is 0 Å². The second kappa shape index (κ2) is 14.7. The lowest BCUT2D eigenvalue weighted by molar-refractivity contribution is -0.355. The first kappa shape index (κ1) is 32.1. The van der Waals surface area contributed by atoms with Gasteiger partial charge < -0.3 is 85.4 Å². The molecule has 2 rings (SSSR count). The average molecular weight is 522 g/mol. The third-order valence-electron chi connectivity index (χ3n) is 5.40. The fourth-order valence-electron chi connectivity index (χ4n) is 3.19. The predicted molar refractivity (Wildman–Crippen MR) is 106 cm³/mol. The number of aliphatic hydroxyl groups excluding tert-OH is 13. The van der Waals surface area contributed by atoms with Crippen LogP contribution in [-0.4, -0.2) is 178 Å². The maximum atomic E-state index is 9.94. The molecule has 0 radical (unpaired) electrons. The molecule has 0 saturated carbocycles. The van der Waals surface area contributed by atoms with E-state index < -0.39 is 106 Å². The average Bonchev–Trinajstić information content (AvgIpc) is 2.87. The van der Waals surface area contributed by atoms with Crippen molar-refractivity contribution in [3.63, 3.8) is 0 Å². The highest BCUT2D eigenvalue weighted by molar-refractivity contribution is 5.56. The first-order valence-corrected chi connectivity index (χ1v) is 10.4. The summed E-state index contributed by atoms with van der Waals surface area (Å²) in [4.78, 5) is 9.90. The van der Waals surface area contributed by atoms with Gasteiger partial charge in [-0.3, -0.25) is 0 Å². The van der Waals surface area contributed by atoms with Crippen molar-refractivity contribution >= 4 is 6.29 Å². The minimum Gasteiger partial charge on any atom is -0.394 e. The van der Waals surface area contributed by atoms with Crippen LogP contribution in [0, 0.1) is 0 Å². The molecule has 2 heterocycles. The van der Waals surface area contributed by atoms with E-state index in [0.717, 1.165) is 0 Å². The van der Waals surface area contributed by atoms with Gasteiger partial charge in [0.2, 0.25) is 0 Å². The van der Waals surface area contributed by atoms with Crippen LogP contribution in [0.15, 0.2) is 0 Å². The van der Waals surface area contributed by atoms with Crippen molar-refractivity contribution in [3.8, 4) is 0 Å². The molecule has 0 bridgehead atoms. The molecule has 2 aliphatic heterocycles. The van der Waals surface area contributed by atoms with Gasteiger partial charge in [-0.2, -0.15) is 0 Å². The largest absolute Gasteiger partial charge is 0.394 e. The molecule has 0 amide bonds. The van der Waals surface area contributed by atoms with Crippen LogP contribution < -0.4 is 0 Å². The topological polar surface area (TPSA) is 308 Å². The van der Waals surface area contributed by atoms with E-state index in [1.807, 2.05) is 0 Å². The van der Waals surface area contributed by atoms with Crippen LogP contribution in [0.3, 0.4) is 0 Å². The monoisotopic (exact) mass is 522 g/mol. The Morgan fingerprint density at radius 1 is 0.714 bits per heavy atom.